The zero-order valence-corrected chi connectivity index (χ0v) is 21.6. The molecule has 182 valence electrons. The van der Waals surface area contributed by atoms with Crippen LogP contribution in [0.2, 0.25) is 0 Å². The van der Waals surface area contributed by atoms with Gasteiger partial charge in [-0.15, -0.1) is 11.3 Å². The molecule has 0 saturated heterocycles. The van der Waals surface area contributed by atoms with Gasteiger partial charge in [0.05, 0.1) is 18.4 Å². The number of benzene rings is 2. The average molecular weight is 502 g/mol. The van der Waals surface area contributed by atoms with Gasteiger partial charge in [0.2, 0.25) is 5.91 Å². The number of nitrogens with zero attached hydrogens (tertiary/aromatic N) is 2. The fourth-order valence-electron chi connectivity index (χ4n) is 3.62. The lowest BCUT2D eigenvalue weighted by Gasteiger charge is -2.26. The molecule has 1 aromatic heterocycles. The quantitative estimate of drug-likeness (QED) is 0.415. The van der Waals surface area contributed by atoms with Crippen LogP contribution in [0.3, 0.4) is 0 Å². The second-order valence-corrected chi connectivity index (χ2v) is 10.8. The van der Waals surface area contributed by atoms with Crippen LogP contribution < -0.4 is 14.4 Å². The summed E-state index contributed by atoms with van der Waals surface area (Å²) in [5.41, 5.74) is 2.24. The highest BCUT2D eigenvalue weighted by molar-refractivity contribution is 7.92. The predicted octanol–water partition coefficient (Wildman–Crippen LogP) is 4.60. The first-order valence-corrected chi connectivity index (χ1v) is 13.4. The summed E-state index contributed by atoms with van der Waals surface area (Å²) in [6, 6.07) is 15.5. The number of carbonyl (C=O) groups is 1. The number of carbonyl (C=O) groups excluding carboxylic acids is 1. The van der Waals surface area contributed by atoms with Crippen molar-refractivity contribution in [1.29, 1.82) is 0 Å². The molecular weight excluding hydrogens is 470 g/mol. The first-order valence-electron chi connectivity index (χ1n) is 11.0. The second kappa shape index (κ2) is 11.4. The Hall–Kier alpha value is -3.04. The Bertz CT molecular complexity index is 1190. The number of anilines is 2. The molecular formula is C25H31N3O4S2. The van der Waals surface area contributed by atoms with E-state index in [-0.39, 0.29) is 10.8 Å². The van der Waals surface area contributed by atoms with Crippen LogP contribution in [0.5, 0.6) is 5.75 Å². The SMILES string of the molecule is CCCN(Cc1cc(NS(=O)(=O)c2ccc(OC)cc2)ccc1N(C)C)C(=O)Cc1cccs1. The molecule has 0 aliphatic rings. The molecule has 0 atom stereocenters. The van der Waals surface area contributed by atoms with Crippen molar-refractivity contribution in [3.63, 3.8) is 0 Å². The summed E-state index contributed by atoms with van der Waals surface area (Å²) in [4.78, 5) is 18.0. The van der Waals surface area contributed by atoms with E-state index in [1.165, 1.54) is 19.2 Å². The maximum atomic E-state index is 13.0. The minimum absolute atomic E-state index is 0.0539. The number of thiophene rings is 1. The number of methoxy groups -OCH3 is 1. The summed E-state index contributed by atoms with van der Waals surface area (Å²) in [5, 5.41) is 1.97. The largest absolute Gasteiger partial charge is 0.497 e. The van der Waals surface area contributed by atoms with Crippen LogP contribution in [0.15, 0.2) is 64.9 Å². The van der Waals surface area contributed by atoms with Crippen molar-refractivity contribution in [3.05, 3.63) is 70.4 Å². The van der Waals surface area contributed by atoms with Crippen molar-refractivity contribution >= 4 is 38.6 Å². The topological polar surface area (TPSA) is 79.0 Å². The lowest BCUT2D eigenvalue weighted by Crippen LogP contribution is -2.33. The number of rotatable bonds is 11. The van der Waals surface area contributed by atoms with E-state index < -0.39 is 10.0 Å². The molecule has 0 saturated carbocycles. The zero-order chi connectivity index (χ0) is 24.7. The van der Waals surface area contributed by atoms with Gasteiger partial charge in [0, 0.05) is 43.4 Å². The summed E-state index contributed by atoms with van der Waals surface area (Å²) >= 11 is 1.57. The van der Waals surface area contributed by atoms with Gasteiger partial charge >= 0.3 is 0 Å². The molecule has 0 fully saturated rings. The Morgan fingerprint density at radius 2 is 1.82 bits per heavy atom. The molecule has 0 aliphatic carbocycles. The average Bonchev–Trinajstić information content (AvgIpc) is 3.31. The molecule has 3 aromatic rings. The van der Waals surface area contributed by atoms with Crippen LogP contribution in [0.1, 0.15) is 23.8 Å². The van der Waals surface area contributed by atoms with E-state index in [0.717, 1.165) is 22.5 Å². The Balaban J connectivity index is 1.86. The number of hydrogen-bond acceptors (Lipinski definition) is 6. The lowest BCUT2D eigenvalue weighted by atomic mass is 10.1. The van der Waals surface area contributed by atoms with Crippen LogP contribution >= 0.6 is 11.3 Å². The Labute approximate surface area is 206 Å². The van der Waals surface area contributed by atoms with Crippen molar-refractivity contribution in [2.45, 2.75) is 31.2 Å². The van der Waals surface area contributed by atoms with E-state index in [1.54, 1.807) is 35.6 Å². The Morgan fingerprint density at radius 1 is 1.09 bits per heavy atom. The van der Waals surface area contributed by atoms with Crippen molar-refractivity contribution < 1.29 is 17.9 Å². The molecule has 1 N–H and O–H groups in total. The minimum Gasteiger partial charge on any atom is -0.497 e. The zero-order valence-electron chi connectivity index (χ0n) is 19.9. The minimum atomic E-state index is -3.78. The first kappa shape index (κ1) is 25.6. The Morgan fingerprint density at radius 3 is 2.41 bits per heavy atom. The normalized spacial score (nSPS) is 11.2. The molecule has 9 heteroatoms. The van der Waals surface area contributed by atoms with Crippen LogP contribution in [0, 0.1) is 0 Å². The third-order valence-corrected chi connectivity index (χ3v) is 7.57. The number of amides is 1. The monoisotopic (exact) mass is 501 g/mol. The van der Waals surface area contributed by atoms with Gasteiger partial charge in [-0.05, 0) is 65.9 Å². The predicted molar refractivity (Wildman–Crippen MR) is 138 cm³/mol. The van der Waals surface area contributed by atoms with E-state index in [9.17, 15) is 13.2 Å². The molecule has 0 aliphatic heterocycles. The molecule has 34 heavy (non-hydrogen) atoms. The maximum absolute atomic E-state index is 13.0. The fourth-order valence-corrected chi connectivity index (χ4v) is 5.37. The highest BCUT2D eigenvalue weighted by Gasteiger charge is 2.19. The van der Waals surface area contributed by atoms with Gasteiger partial charge in [0.1, 0.15) is 5.75 Å². The van der Waals surface area contributed by atoms with E-state index in [1.807, 2.05) is 54.4 Å². The van der Waals surface area contributed by atoms with Gasteiger partial charge in [-0.1, -0.05) is 13.0 Å². The second-order valence-electron chi connectivity index (χ2n) is 8.09. The first-order chi connectivity index (χ1) is 16.2. The molecule has 7 nitrogen and oxygen atoms in total. The molecule has 0 spiro atoms. The summed E-state index contributed by atoms with van der Waals surface area (Å²) in [6.07, 6.45) is 1.19. The maximum Gasteiger partial charge on any atom is 0.261 e. The van der Waals surface area contributed by atoms with Crippen molar-refractivity contribution in [2.24, 2.45) is 0 Å². The Kier molecular flexibility index (Phi) is 8.57. The van der Waals surface area contributed by atoms with Crippen LogP contribution in [-0.2, 0) is 27.8 Å². The molecule has 3 rings (SSSR count). The van der Waals surface area contributed by atoms with Gasteiger partial charge in [-0.25, -0.2) is 8.42 Å². The van der Waals surface area contributed by atoms with Crippen LogP contribution in [0.25, 0.3) is 0 Å². The van der Waals surface area contributed by atoms with Gasteiger partial charge in [-0.3, -0.25) is 9.52 Å². The van der Waals surface area contributed by atoms with Gasteiger partial charge < -0.3 is 14.5 Å². The van der Waals surface area contributed by atoms with Crippen LogP contribution in [-0.4, -0.2) is 47.0 Å². The molecule has 0 radical (unpaired) electrons. The number of sulfonamides is 1. The lowest BCUT2D eigenvalue weighted by molar-refractivity contribution is -0.131. The van der Waals surface area contributed by atoms with E-state index in [4.69, 9.17) is 4.74 Å². The van der Waals surface area contributed by atoms with E-state index in [0.29, 0.717) is 30.9 Å². The third kappa shape index (κ3) is 6.51. The molecule has 0 unspecified atom stereocenters. The molecule has 0 bridgehead atoms. The highest BCUT2D eigenvalue weighted by atomic mass is 32.2. The summed E-state index contributed by atoms with van der Waals surface area (Å²) in [6.45, 7) is 3.06. The van der Waals surface area contributed by atoms with Gasteiger partial charge in [0.25, 0.3) is 10.0 Å². The van der Waals surface area contributed by atoms with Crippen molar-refractivity contribution in [3.8, 4) is 5.75 Å². The number of ether oxygens (including phenoxy) is 1. The molecule has 1 amide bonds. The molecule has 1 heterocycles. The summed E-state index contributed by atoms with van der Waals surface area (Å²) in [5.74, 6) is 0.637. The smallest absolute Gasteiger partial charge is 0.261 e. The van der Waals surface area contributed by atoms with Crippen LogP contribution in [0.4, 0.5) is 11.4 Å². The highest BCUT2D eigenvalue weighted by Crippen LogP contribution is 2.27. The molecule has 2 aromatic carbocycles. The number of hydrogen-bond donors (Lipinski definition) is 1. The third-order valence-electron chi connectivity index (χ3n) is 5.30. The van der Waals surface area contributed by atoms with Crippen molar-refractivity contribution in [1.82, 2.24) is 4.90 Å². The van der Waals surface area contributed by atoms with E-state index >= 15 is 0 Å². The summed E-state index contributed by atoms with van der Waals surface area (Å²) in [7, 11) is 1.61. The van der Waals surface area contributed by atoms with E-state index in [2.05, 4.69) is 4.72 Å². The van der Waals surface area contributed by atoms with Crippen molar-refractivity contribution in [2.75, 3.05) is 37.4 Å². The fraction of sp³-hybridized carbons (Fsp3) is 0.320. The standard InChI is InChI=1S/C25H31N3O4S2/c1-5-14-28(25(29)17-22-7-6-15-33-22)18-19-16-20(8-13-24(19)27(2)3)26-34(30,31)23-11-9-21(32-4)10-12-23/h6-13,15-16,26H,5,14,17-18H2,1-4H3. The van der Waals surface area contributed by atoms with Gasteiger partial charge in [0.15, 0.2) is 0 Å². The number of nitrogens with one attached hydrogen (secondary N) is 1. The van der Waals surface area contributed by atoms with Gasteiger partial charge in [-0.2, -0.15) is 0 Å². The summed E-state index contributed by atoms with van der Waals surface area (Å²) < 4.78 is 33.6.